The summed E-state index contributed by atoms with van der Waals surface area (Å²) in [7, 11) is 1.61. The van der Waals surface area contributed by atoms with E-state index in [1.54, 1.807) is 13.2 Å². The smallest absolute Gasteiger partial charge is 0.168 e. The molecule has 19 heavy (non-hydrogen) atoms. The van der Waals surface area contributed by atoms with Crippen molar-refractivity contribution in [1.29, 1.82) is 0 Å². The standard InChI is InChI=1S/C14H19NO3.ClH/c1-17-13-4-2-3-12(11-13)14(16)5-6-15-7-9-18-10-8-15;/h2-4,11H,5-10H2,1H3;1H. The van der Waals surface area contributed by atoms with Crippen LogP contribution in [0.25, 0.3) is 0 Å². The molecule has 0 bridgehead atoms. The summed E-state index contributed by atoms with van der Waals surface area (Å²) in [6.07, 6.45) is 0.586. The van der Waals surface area contributed by atoms with Crippen molar-refractivity contribution in [3.05, 3.63) is 29.8 Å². The Balaban J connectivity index is 0.00000180. The molecule has 1 fully saturated rings. The fraction of sp³-hybridized carbons (Fsp3) is 0.500. The highest BCUT2D eigenvalue weighted by Crippen LogP contribution is 2.13. The van der Waals surface area contributed by atoms with E-state index >= 15 is 0 Å². The van der Waals surface area contributed by atoms with Gasteiger partial charge in [0.2, 0.25) is 0 Å². The van der Waals surface area contributed by atoms with E-state index in [1.807, 2.05) is 18.2 Å². The second-order valence-electron chi connectivity index (χ2n) is 4.52. The number of Topliss-reactive ketones (excluding diaryl/α,β-unsaturated/α-hetero) is 1. The van der Waals surface area contributed by atoms with Crippen LogP contribution >= 0.6 is 0 Å². The van der Waals surface area contributed by atoms with Crippen LogP contribution in [0.4, 0.5) is 0 Å². The van der Waals surface area contributed by atoms with E-state index in [-0.39, 0.29) is 18.2 Å². The average Bonchev–Trinajstić information content (AvgIpc) is 2.46. The summed E-state index contributed by atoms with van der Waals surface area (Å²) in [6.45, 7) is 4.52. The van der Waals surface area contributed by atoms with Crippen molar-refractivity contribution in [2.24, 2.45) is 0 Å². The number of rotatable bonds is 5. The molecule has 1 N–H and O–H groups in total. The highest BCUT2D eigenvalue weighted by molar-refractivity contribution is 5.96. The number of benzene rings is 1. The van der Waals surface area contributed by atoms with E-state index < -0.39 is 0 Å². The van der Waals surface area contributed by atoms with Gasteiger partial charge in [0.25, 0.3) is 0 Å². The normalized spacial score (nSPS) is 15.6. The fourth-order valence-corrected chi connectivity index (χ4v) is 2.14. The number of halogens is 1. The molecule has 0 radical (unpaired) electrons. The maximum Gasteiger partial charge on any atom is 0.168 e. The molecule has 0 aromatic heterocycles. The van der Waals surface area contributed by atoms with Crippen molar-refractivity contribution in [3.63, 3.8) is 0 Å². The minimum absolute atomic E-state index is 0. The van der Waals surface area contributed by atoms with Gasteiger partial charge in [-0.1, -0.05) is 12.1 Å². The lowest BCUT2D eigenvalue weighted by Crippen LogP contribution is -3.14. The number of hydrogen-bond acceptors (Lipinski definition) is 3. The van der Waals surface area contributed by atoms with Gasteiger partial charge >= 0.3 is 0 Å². The lowest BCUT2D eigenvalue weighted by molar-refractivity contribution is -0.907. The number of morpholine rings is 1. The van der Waals surface area contributed by atoms with Crippen molar-refractivity contribution >= 4 is 5.78 Å². The molecule has 1 aliphatic heterocycles. The third kappa shape index (κ3) is 4.82. The Hall–Kier alpha value is -1.10. The molecule has 5 heteroatoms. The number of nitrogens with one attached hydrogen (secondary N) is 1. The Bertz CT molecular complexity index is 405. The first-order valence-corrected chi connectivity index (χ1v) is 6.38. The monoisotopic (exact) mass is 285 g/mol. The molecule has 1 heterocycles. The maximum absolute atomic E-state index is 12.1. The molecule has 0 unspecified atom stereocenters. The average molecular weight is 286 g/mol. The van der Waals surface area contributed by atoms with Gasteiger partial charge in [-0.2, -0.15) is 0 Å². The van der Waals surface area contributed by atoms with E-state index in [0.717, 1.165) is 44.2 Å². The second-order valence-corrected chi connectivity index (χ2v) is 4.52. The third-order valence-electron chi connectivity index (χ3n) is 3.30. The molecule has 1 aromatic carbocycles. The zero-order chi connectivity index (χ0) is 12.8. The lowest BCUT2D eigenvalue weighted by Gasteiger charge is -2.23. The molecule has 0 amide bonds. The summed E-state index contributed by atoms with van der Waals surface area (Å²) < 4.78 is 10.4. The van der Waals surface area contributed by atoms with E-state index in [0.29, 0.717) is 6.42 Å². The topological polar surface area (TPSA) is 40.0 Å². The Kier molecular flexibility index (Phi) is 6.84. The third-order valence-corrected chi connectivity index (χ3v) is 3.30. The van der Waals surface area contributed by atoms with Crippen molar-refractivity contribution < 1.29 is 31.6 Å². The summed E-state index contributed by atoms with van der Waals surface area (Å²) in [5.41, 5.74) is 0.738. The van der Waals surface area contributed by atoms with Gasteiger partial charge in [0.1, 0.15) is 18.8 Å². The van der Waals surface area contributed by atoms with Gasteiger partial charge in [0.15, 0.2) is 5.78 Å². The van der Waals surface area contributed by atoms with Crippen molar-refractivity contribution in [1.82, 2.24) is 0 Å². The first kappa shape index (κ1) is 16.0. The summed E-state index contributed by atoms with van der Waals surface area (Å²) in [4.78, 5) is 13.5. The highest BCUT2D eigenvalue weighted by Gasteiger charge is 2.16. The summed E-state index contributed by atoms with van der Waals surface area (Å²) >= 11 is 0. The fourth-order valence-electron chi connectivity index (χ4n) is 2.14. The van der Waals surface area contributed by atoms with Crippen LogP contribution in [0, 0.1) is 0 Å². The molecular formula is C14H20ClNO3. The van der Waals surface area contributed by atoms with Crippen LogP contribution in [-0.4, -0.2) is 45.7 Å². The number of carbonyl (C=O) groups excluding carboxylic acids is 1. The van der Waals surface area contributed by atoms with E-state index in [1.165, 1.54) is 4.90 Å². The van der Waals surface area contributed by atoms with Gasteiger partial charge < -0.3 is 26.8 Å². The van der Waals surface area contributed by atoms with Crippen LogP contribution in [0.15, 0.2) is 24.3 Å². The minimum Gasteiger partial charge on any atom is -1.00 e. The summed E-state index contributed by atoms with van der Waals surface area (Å²) in [6, 6.07) is 7.36. The predicted octanol–water partition coefficient (Wildman–Crippen LogP) is -2.81. The molecule has 0 aliphatic carbocycles. The zero-order valence-electron chi connectivity index (χ0n) is 11.2. The second kappa shape index (κ2) is 8.15. The molecule has 0 spiro atoms. The van der Waals surface area contributed by atoms with Crippen LogP contribution in [0.3, 0.4) is 0 Å². The number of ketones is 1. The first-order valence-electron chi connectivity index (χ1n) is 6.38. The number of carbonyl (C=O) groups is 1. The van der Waals surface area contributed by atoms with Gasteiger partial charge in [-0.3, -0.25) is 4.79 Å². The quantitative estimate of drug-likeness (QED) is 0.594. The van der Waals surface area contributed by atoms with Gasteiger partial charge in [-0.15, -0.1) is 0 Å². The van der Waals surface area contributed by atoms with Gasteiger partial charge in [0, 0.05) is 5.56 Å². The number of methoxy groups -OCH3 is 1. The molecule has 1 aromatic rings. The molecule has 0 atom stereocenters. The predicted molar refractivity (Wildman–Crippen MR) is 68.3 cm³/mol. The molecule has 2 rings (SSSR count). The Labute approximate surface area is 120 Å². The van der Waals surface area contributed by atoms with Crippen molar-refractivity contribution in [2.45, 2.75) is 6.42 Å². The summed E-state index contributed by atoms with van der Waals surface area (Å²) in [5.74, 6) is 0.924. The van der Waals surface area contributed by atoms with Crippen LogP contribution in [0.2, 0.25) is 0 Å². The van der Waals surface area contributed by atoms with E-state index in [2.05, 4.69) is 0 Å². The maximum atomic E-state index is 12.1. The molecule has 4 nitrogen and oxygen atoms in total. The number of hydrogen-bond donors (Lipinski definition) is 1. The minimum atomic E-state index is 0. The van der Waals surface area contributed by atoms with Crippen LogP contribution in [0.5, 0.6) is 5.75 Å². The largest absolute Gasteiger partial charge is 1.00 e. The van der Waals surface area contributed by atoms with Crippen molar-refractivity contribution in [2.75, 3.05) is 40.0 Å². The lowest BCUT2D eigenvalue weighted by atomic mass is 10.1. The molecular weight excluding hydrogens is 266 g/mol. The van der Waals surface area contributed by atoms with E-state index in [9.17, 15) is 4.79 Å². The highest BCUT2D eigenvalue weighted by atomic mass is 35.5. The first-order chi connectivity index (χ1) is 8.79. The van der Waals surface area contributed by atoms with Crippen molar-refractivity contribution in [3.8, 4) is 5.75 Å². The zero-order valence-corrected chi connectivity index (χ0v) is 11.9. The van der Waals surface area contributed by atoms with Crippen LogP contribution in [0.1, 0.15) is 16.8 Å². The Morgan fingerprint density at radius 2 is 2.11 bits per heavy atom. The van der Waals surface area contributed by atoms with Crippen LogP contribution < -0.4 is 22.0 Å². The van der Waals surface area contributed by atoms with E-state index in [4.69, 9.17) is 9.47 Å². The molecule has 0 saturated carbocycles. The Morgan fingerprint density at radius 3 is 2.79 bits per heavy atom. The van der Waals surface area contributed by atoms with Gasteiger partial charge in [-0.05, 0) is 12.1 Å². The Morgan fingerprint density at radius 1 is 1.37 bits per heavy atom. The number of ether oxygens (including phenoxy) is 2. The summed E-state index contributed by atoms with van der Waals surface area (Å²) in [5, 5.41) is 0. The van der Waals surface area contributed by atoms with Crippen LogP contribution in [-0.2, 0) is 4.74 Å². The number of quaternary nitrogens is 1. The molecule has 1 saturated heterocycles. The molecule has 1 aliphatic rings. The van der Waals surface area contributed by atoms with Gasteiger partial charge in [0.05, 0.1) is 33.3 Å². The van der Waals surface area contributed by atoms with Gasteiger partial charge in [-0.25, -0.2) is 0 Å². The molecule has 106 valence electrons. The SMILES string of the molecule is COc1cccc(C(=O)CC[NH+]2CCOCC2)c1.[Cl-].